The molecular weight excluding hydrogens is 605 g/mol. The van der Waals surface area contributed by atoms with Crippen LogP contribution in [0.1, 0.15) is 67.6 Å². The fourth-order valence-corrected chi connectivity index (χ4v) is 9.41. The van der Waals surface area contributed by atoms with Crippen molar-refractivity contribution in [3.63, 3.8) is 0 Å². The Morgan fingerprint density at radius 2 is 1.46 bits per heavy atom. The maximum atomic E-state index is 2.64. The monoisotopic (exact) mass is 646 g/mol. The molecule has 4 aromatic carbocycles. The van der Waals surface area contributed by atoms with E-state index in [9.17, 15) is 0 Å². The molecule has 2 aliphatic heterocycles. The summed E-state index contributed by atoms with van der Waals surface area (Å²) in [6.45, 7) is 0. The molecule has 0 saturated carbocycles. The van der Waals surface area contributed by atoms with E-state index in [0.29, 0.717) is 17.9 Å². The molecule has 244 valence electrons. The van der Waals surface area contributed by atoms with Gasteiger partial charge >= 0.3 is 0 Å². The molecule has 2 nitrogen and oxygen atoms in total. The number of benzene rings is 4. The highest BCUT2D eigenvalue weighted by atomic mass is 15.2. The first-order chi connectivity index (χ1) is 24.8. The molecule has 3 atom stereocenters. The van der Waals surface area contributed by atoms with Gasteiger partial charge in [0.05, 0.1) is 0 Å². The van der Waals surface area contributed by atoms with Crippen LogP contribution in [-0.4, -0.2) is 6.04 Å². The predicted octanol–water partition coefficient (Wildman–Crippen LogP) is 12.5. The second-order valence-corrected chi connectivity index (χ2v) is 14.6. The van der Waals surface area contributed by atoms with Gasteiger partial charge in [-0.3, -0.25) is 0 Å². The summed E-state index contributed by atoms with van der Waals surface area (Å²) in [5.74, 6) is 0.840. The molecule has 4 aromatic rings. The van der Waals surface area contributed by atoms with Crippen LogP contribution in [-0.2, 0) is 0 Å². The Hall–Kier alpha value is -5.34. The lowest BCUT2D eigenvalue weighted by molar-refractivity contribution is 0.565. The highest BCUT2D eigenvalue weighted by Crippen LogP contribution is 2.53. The van der Waals surface area contributed by atoms with E-state index < -0.39 is 0 Å². The van der Waals surface area contributed by atoms with Crippen molar-refractivity contribution in [1.82, 2.24) is 0 Å². The summed E-state index contributed by atoms with van der Waals surface area (Å²) < 4.78 is 0. The molecule has 50 heavy (non-hydrogen) atoms. The van der Waals surface area contributed by atoms with E-state index in [1.165, 1.54) is 73.8 Å². The summed E-state index contributed by atoms with van der Waals surface area (Å²) in [5, 5.41) is 0. The van der Waals surface area contributed by atoms with Crippen LogP contribution < -0.4 is 9.80 Å². The van der Waals surface area contributed by atoms with Crippen LogP contribution in [0, 0.1) is 5.92 Å². The molecule has 0 N–H and O–H groups in total. The van der Waals surface area contributed by atoms with Gasteiger partial charge in [0, 0.05) is 46.3 Å². The second kappa shape index (κ2) is 12.2. The van der Waals surface area contributed by atoms with Crippen molar-refractivity contribution >= 4 is 28.2 Å². The summed E-state index contributed by atoms with van der Waals surface area (Å²) in [5.41, 5.74) is 18.0. The number of nitrogens with zero attached hydrogens (tertiary/aromatic N) is 2. The largest absolute Gasteiger partial charge is 0.337 e. The van der Waals surface area contributed by atoms with Crippen LogP contribution in [0.25, 0.3) is 22.3 Å². The van der Waals surface area contributed by atoms with Gasteiger partial charge in [-0.05, 0) is 138 Å². The van der Waals surface area contributed by atoms with E-state index in [1.54, 1.807) is 5.57 Å². The van der Waals surface area contributed by atoms with Gasteiger partial charge in [0.2, 0.25) is 0 Å². The Balaban J connectivity index is 0.992. The first-order valence-corrected chi connectivity index (χ1v) is 18.6. The van der Waals surface area contributed by atoms with Crippen molar-refractivity contribution in [1.29, 1.82) is 0 Å². The number of anilines is 3. The first kappa shape index (κ1) is 29.6. The third-order valence-corrected chi connectivity index (χ3v) is 11.8. The Kier molecular flexibility index (Phi) is 7.22. The van der Waals surface area contributed by atoms with E-state index in [2.05, 4.69) is 162 Å². The molecule has 3 unspecified atom stereocenters. The van der Waals surface area contributed by atoms with Crippen LogP contribution in [0.5, 0.6) is 0 Å². The van der Waals surface area contributed by atoms with Gasteiger partial charge in [0.15, 0.2) is 0 Å². The highest BCUT2D eigenvalue weighted by molar-refractivity contribution is 5.82. The molecule has 0 amide bonds. The molecule has 0 fully saturated rings. The third kappa shape index (κ3) is 4.92. The summed E-state index contributed by atoms with van der Waals surface area (Å²) in [4.78, 5) is 5.18. The van der Waals surface area contributed by atoms with Gasteiger partial charge in [0.1, 0.15) is 0 Å². The molecule has 0 saturated heterocycles. The maximum Gasteiger partial charge on any atom is 0.0464 e. The molecule has 10 rings (SSSR count). The van der Waals surface area contributed by atoms with Gasteiger partial charge in [-0.25, -0.2) is 0 Å². The smallest absolute Gasteiger partial charge is 0.0464 e. The van der Waals surface area contributed by atoms with Crippen LogP contribution in [0.3, 0.4) is 0 Å². The van der Waals surface area contributed by atoms with Crippen molar-refractivity contribution in [2.45, 2.75) is 56.9 Å². The van der Waals surface area contributed by atoms with Crippen molar-refractivity contribution < 1.29 is 0 Å². The fourth-order valence-electron chi connectivity index (χ4n) is 9.41. The van der Waals surface area contributed by atoms with Crippen molar-refractivity contribution in [3.8, 4) is 11.1 Å². The second-order valence-electron chi connectivity index (χ2n) is 14.6. The normalized spacial score (nSPS) is 23.2. The lowest BCUT2D eigenvalue weighted by Crippen LogP contribution is -2.30. The summed E-state index contributed by atoms with van der Waals surface area (Å²) in [6, 6.07) is 37.0. The average molecular weight is 647 g/mol. The fraction of sp³-hybridized carbons (Fsp3) is 0.208. The molecule has 0 spiro atoms. The molecule has 2 heterocycles. The van der Waals surface area contributed by atoms with Crippen molar-refractivity contribution in [2.24, 2.45) is 5.92 Å². The number of hydrogen-bond acceptors (Lipinski definition) is 2. The van der Waals surface area contributed by atoms with E-state index >= 15 is 0 Å². The lowest BCUT2D eigenvalue weighted by atomic mass is 9.81. The minimum Gasteiger partial charge on any atom is -0.337 e. The summed E-state index contributed by atoms with van der Waals surface area (Å²) >= 11 is 0. The van der Waals surface area contributed by atoms with Crippen LogP contribution in [0.15, 0.2) is 169 Å². The zero-order chi connectivity index (χ0) is 33.0. The Bertz CT molecular complexity index is 2200. The summed E-state index contributed by atoms with van der Waals surface area (Å²) in [6.07, 6.45) is 29.1. The summed E-state index contributed by atoms with van der Waals surface area (Å²) in [7, 11) is 0. The molecule has 4 aliphatic carbocycles. The zero-order valence-electron chi connectivity index (χ0n) is 28.5. The van der Waals surface area contributed by atoms with Crippen molar-refractivity contribution in [3.05, 3.63) is 185 Å². The quantitative estimate of drug-likeness (QED) is 0.199. The molecular formula is C48H42N2. The SMILES string of the molecule is C1=CCCC(c2ccc(N3c4ccc(C5=CC=C6C(C5)C5=C(C=CCC5)N6c5cccc(-c6ccccc6)c5)cc4C4C=CCCC43)cc2)=C1. The Morgan fingerprint density at radius 1 is 0.600 bits per heavy atom. The Labute approximate surface area is 296 Å². The van der Waals surface area contributed by atoms with Crippen LogP contribution >= 0.6 is 0 Å². The van der Waals surface area contributed by atoms with E-state index in [0.717, 1.165) is 38.5 Å². The number of fused-ring (bicyclic) bond motifs is 5. The molecule has 0 aromatic heterocycles. The predicted molar refractivity (Wildman–Crippen MR) is 210 cm³/mol. The Morgan fingerprint density at radius 3 is 2.34 bits per heavy atom. The lowest BCUT2D eigenvalue weighted by Gasteiger charge is -2.31. The first-order valence-electron chi connectivity index (χ1n) is 18.6. The maximum absolute atomic E-state index is 2.64. The minimum atomic E-state index is 0.413. The standard InChI is InChI=1S/C48H42N2/c1-3-12-33(13-4-1)35-22-26-39(27-23-35)49-45-20-9-7-18-41(45)43-31-37(24-28-47(43)49)38-25-29-48-44(32-38)42-19-8-10-21-46(42)50(48)40-17-11-16-36(30-40)34-14-5-2-6-15-34/h1-3,5-7,10-12,14-18,21-31,41,44-45H,4,8-9,13,19-20,32H2. The van der Waals surface area contributed by atoms with E-state index in [4.69, 9.17) is 0 Å². The van der Waals surface area contributed by atoms with Gasteiger partial charge in [-0.1, -0.05) is 103 Å². The van der Waals surface area contributed by atoms with Gasteiger partial charge in [-0.2, -0.15) is 0 Å². The van der Waals surface area contributed by atoms with Crippen LogP contribution in [0.4, 0.5) is 17.1 Å². The topological polar surface area (TPSA) is 6.48 Å². The molecule has 6 aliphatic rings. The van der Waals surface area contributed by atoms with Gasteiger partial charge in [0.25, 0.3) is 0 Å². The van der Waals surface area contributed by atoms with E-state index in [-0.39, 0.29) is 0 Å². The molecule has 0 bridgehead atoms. The van der Waals surface area contributed by atoms with Gasteiger partial charge in [-0.15, -0.1) is 0 Å². The number of allylic oxidation sites excluding steroid dienone is 11. The number of hydrogen-bond donors (Lipinski definition) is 0. The van der Waals surface area contributed by atoms with E-state index in [1.807, 2.05) is 0 Å². The van der Waals surface area contributed by atoms with Crippen LogP contribution in [0.2, 0.25) is 0 Å². The minimum absolute atomic E-state index is 0.413. The third-order valence-electron chi connectivity index (χ3n) is 11.8. The molecule has 2 heteroatoms. The molecule has 0 radical (unpaired) electrons. The van der Waals surface area contributed by atoms with Crippen molar-refractivity contribution in [2.75, 3.05) is 9.80 Å². The highest BCUT2D eigenvalue weighted by Gasteiger charge is 2.41. The average Bonchev–Trinajstić information content (AvgIpc) is 3.71. The number of rotatable bonds is 5. The van der Waals surface area contributed by atoms with Gasteiger partial charge < -0.3 is 9.80 Å². The zero-order valence-corrected chi connectivity index (χ0v) is 28.5.